The Morgan fingerprint density at radius 1 is 0.960 bits per heavy atom. The van der Waals surface area contributed by atoms with Crippen LogP contribution in [0.15, 0.2) is 35.2 Å². The number of hydrogen-bond donors (Lipinski definition) is 0. The molecule has 0 aliphatic heterocycles. The van der Waals surface area contributed by atoms with Crippen LogP contribution in [0.3, 0.4) is 0 Å². The van der Waals surface area contributed by atoms with Crippen LogP contribution < -0.4 is 0 Å². The highest BCUT2D eigenvalue weighted by Gasteiger charge is 2.26. The molecule has 0 aliphatic carbocycles. The van der Waals surface area contributed by atoms with Gasteiger partial charge in [-0.15, -0.1) is 0 Å². The van der Waals surface area contributed by atoms with E-state index in [-0.39, 0.29) is 18.2 Å². The minimum atomic E-state index is -3.43. The molecule has 0 aliphatic rings. The average Bonchev–Trinajstić information content (AvgIpc) is 2.60. The van der Waals surface area contributed by atoms with Gasteiger partial charge in [0.2, 0.25) is 0 Å². The molecule has 0 saturated heterocycles. The van der Waals surface area contributed by atoms with Gasteiger partial charge in [-0.1, -0.05) is 37.5 Å². The zero-order chi connectivity index (χ0) is 18.7. The number of methoxy groups -OCH3 is 1. The lowest BCUT2D eigenvalue weighted by molar-refractivity contribution is -0.140. The predicted molar refractivity (Wildman–Crippen MR) is 97.0 cm³/mol. The van der Waals surface area contributed by atoms with Crippen LogP contribution in [0.4, 0.5) is 0 Å². The molecule has 25 heavy (non-hydrogen) atoms. The molecule has 5 nitrogen and oxygen atoms in total. The van der Waals surface area contributed by atoms with Crippen LogP contribution in [0.5, 0.6) is 0 Å². The molecule has 1 rings (SSSR count). The van der Waals surface area contributed by atoms with Crippen LogP contribution in [0.2, 0.25) is 0 Å². The standard InChI is InChI=1S/C19H28O5S/c1-16(20)14-15-18(12-6-3-4-9-13-19(21)24-2)25(22,23)17-10-7-5-8-11-17/h5,7-8,10-11,18H,3-4,6,9,12-15H2,1-2H3. The summed E-state index contributed by atoms with van der Waals surface area (Å²) in [5.74, 6) is -0.211. The van der Waals surface area contributed by atoms with Crippen LogP contribution >= 0.6 is 0 Å². The van der Waals surface area contributed by atoms with Crippen molar-refractivity contribution in [2.45, 2.75) is 68.4 Å². The van der Waals surface area contributed by atoms with E-state index in [4.69, 9.17) is 0 Å². The quantitative estimate of drug-likeness (QED) is 0.415. The van der Waals surface area contributed by atoms with Crippen molar-refractivity contribution in [1.82, 2.24) is 0 Å². The zero-order valence-corrected chi connectivity index (χ0v) is 15.9. The number of carbonyl (C=O) groups excluding carboxylic acids is 2. The Bertz CT molecular complexity index is 637. The average molecular weight is 368 g/mol. The first-order valence-electron chi connectivity index (χ1n) is 8.73. The summed E-state index contributed by atoms with van der Waals surface area (Å²) < 4.78 is 30.2. The molecule has 0 amide bonds. The van der Waals surface area contributed by atoms with Crippen LogP contribution in [0.1, 0.15) is 58.3 Å². The summed E-state index contributed by atoms with van der Waals surface area (Å²) in [5.41, 5.74) is 0. The maximum absolute atomic E-state index is 12.8. The summed E-state index contributed by atoms with van der Waals surface area (Å²) in [5, 5.41) is -0.542. The molecule has 0 fully saturated rings. The molecule has 1 atom stereocenters. The minimum absolute atomic E-state index is 0.00587. The van der Waals surface area contributed by atoms with E-state index in [0.717, 1.165) is 25.7 Å². The number of carbonyl (C=O) groups is 2. The third-order valence-corrected chi connectivity index (χ3v) is 6.49. The van der Waals surface area contributed by atoms with Gasteiger partial charge in [-0.3, -0.25) is 4.79 Å². The molecule has 0 spiro atoms. The Labute approximate surface area is 150 Å². The van der Waals surface area contributed by atoms with Crippen LogP contribution in [0.25, 0.3) is 0 Å². The van der Waals surface area contributed by atoms with Gasteiger partial charge >= 0.3 is 5.97 Å². The lowest BCUT2D eigenvalue weighted by Crippen LogP contribution is -2.22. The minimum Gasteiger partial charge on any atom is -0.469 e. The van der Waals surface area contributed by atoms with Crippen LogP contribution in [-0.2, 0) is 24.2 Å². The predicted octanol–water partition coefficient (Wildman–Crippen LogP) is 3.71. The van der Waals surface area contributed by atoms with Crippen LogP contribution in [0, 0.1) is 0 Å². The molecule has 1 aromatic rings. The Morgan fingerprint density at radius 3 is 2.20 bits per heavy atom. The largest absolute Gasteiger partial charge is 0.469 e. The van der Waals surface area contributed by atoms with Crippen molar-refractivity contribution >= 4 is 21.6 Å². The van der Waals surface area contributed by atoms with E-state index in [0.29, 0.717) is 24.2 Å². The van der Waals surface area contributed by atoms with Gasteiger partial charge in [-0.05, 0) is 38.3 Å². The lowest BCUT2D eigenvalue weighted by atomic mass is 10.1. The second kappa shape index (κ2) is 11.0. The smallest absolute Gasteiger partial charge is 0.305 e. The van der Waals surface area contributed by atoms with E-state index in [1.165, 1.54) is 14.0 Å². The van der Waals surface area contributed by atoms with Crippen LogP contribution in [-0.4, -0.2) is 32.5 Å². The number of rotatable bonds is 12. The fraction of sp³-hybridized carbons (Fsp3) is 0.579. The van der Waals surface area contributed by atoms with Gasteiger partial charge in [0.15, 0.2) is 9.84 Å². The molecule has 0 aromatic heterocycles. The SMILES string of the molecule is COC(=O)CCCCCCC(CCC(C)=O)S(=O)(=O)c1ccccc1. The highest BCUT2D eigenvalue weighted by Crippen LogP contribution is 2.24. The van der Waals surface area contributed by atoms with Crippen molar-refractivity contribution in [1.29, 1.82) is 0 Å². The second-order valence-electron chi connectivity index (χ2n) is 6.25. The van der Waals surface area contributed by atoms with E-state index >= 15 is 0 Å². The molecular weight excluding hydrogens is 340 g/mol. The van der Waals surface area contributed by atoms with E-state index in [1.807, 2.05) is 0 Å². The van der Waals surface area contributed by atoms with Crippen molar-refractivity contribution in [2.75, 3.05) is 7.11 Å². The number of benzene rings is 1. The number of sulfone groups is 1. The molecule has 0 heterocycles. The third kappa shape index (κ3) is 7.82. The van der Waals surface area contributed by atoms with Crippen molar-refractivity contribution in [3.05, 3.63) is 30.3 Å². The number of ether oxygens (including phenoxy) is 1. The van der Waals surface area contributed by atoms with Crippen molar-refractivity contribution < 1.29 is 22.7 Å². The molecule has 1 aromatic carbocycles. The molecule has 0 radical (unpaired) electrons. The molecule has 0 saturated carbocycles. The maximum atomic E-state index is 12.8. The van der Waals surface area contributed by atoms with Gasteiger partial charge < -0.3 is 9.53 Å². The maximum Gasteiger partial charge on any atom is 0.305 e. The van der Waals surface area contributed by atoms with Gasteiger partial charge in [-0.2, -0.15) is 0 Å². The Morgan fingerprint density at radius 2 is 1.60 bits per heavy atom. The fourth-order valence-corrected chi connectivity index (χ4v) is 4.54. The van der Waals surface area contributed by atoms with Gasteiger partial charge in [0.1, 0.15) is 5.78 Å². The van der Waals surface area contributed by atoms with E-state index < -0.39 is 15.1 Å². The number of unbranched alkanes of at least 4 members (excludes halogenated alkanes) is 3. The van der Waals surface area contributed by atoms with Crippen molar-refractivity contribution in [2.24, 2.45) is 0 Å². The number of Topliss-reactive ketones (excluding diaryl/α,β-unsaturated/α-hetero) is 1. The highest BCUT2D eigenvalue weighted by molar-refractivity contribution is 7.92. The van der Waals surface area contributed by atoms with Gasteiger partial charge in [-0.25, -0.2) is 8.42 Å². The summed E-state index contributed by atoms with van der Waals surface area (Å²) in [7, 11) is -2.06. The van der Waals surface area contributed by atoms with Gasteiger partial charge in [0.05, 0.1) is 17.3 Å². The van der Waals surface area contributed by atoms with Crippen molar-refractivity contribution in [3.8, 4) is 0 Å². The zero-order valence-electron chi connectivity index (χ0n) is 15.1. The summed E-state index contributed by atoms with van der Waals surface area (Å²) in [4.78, 5) is 22.7. The molecule has 0 bridgehead atoms. The monoisotopic (exact) mass is 368 g/mol. The molecule has 140 valence electrons. The van der Waals surface area contributed by atoms with Crippen molar-refractivity contribution in [3.63, 3.8) is 0 Å². The number of esters is 1. The number of hydrogen-bond acceptors (Lipinski definition) is 5. The molecular formula is C19H28O5S. The first-order chi connectivity index (χ1) is 11.9. The van der Waals surface area contributed by atoms with E-state index in [1.54, 1.807) is 30.3 Å². The normalized spacial score (nSPS) is 12.6. The van der Waals surface area contributed by atoms with Gasteiger partial charge in [0, 0.05) is 12.8 Å². The van der Waals surface area contributed by atoms with E-state index in [2.05, 4.69) is 4.74 Å². The number of ketones is 1. The van der Waals surface area contributed by atoms with E-state index in [9.17, 15) is 18.0 Å². The molecule has 6 heteroatoms. The Balaban J connectivity index is 2.59. The summed E-state index contributed by atoms with van der Waals surface area (Å²) >= 11 is 0. The fourth-order valence-electron chi connectivity index (χ4n) is 2.72. The third-order valence-electron chi connectivity index (χ3n) is 4.21. The second-order valence-corrected chi connectivity index (χ2v) is 8.48. The summed E-state index contributed by atoms with van der Waals surface area (Å²) in [6.45, 7) is 1.49. The molecule has 1 unspecified atom stereocenters. The lowest BCUT2D eigenvalue weighted by Gasteiger charge is -2.17. The Hall–Kier alpha value is -1.69. The summed E-state index contributed by atoms with van der Waals surface area (Å²) in [6.07, 6.45) is 4.78. The summed E-state index contributed by atoms with van der Waals surface area (Å²) in [6, 6.07) is 8.41. The first kappa shape index (κ1) is 21.4. The van der Waals surface area contributed by atoms with Gasteiger partial charge in [0.25, 0.3) is 0 Å². The highest BCUT2D eigenvalue weighted by atomic mass is 32.2. The molecule has 0 N–H and O–H groups in total. The first-order valence-corrected chi connectivity index (χ1v) is 10.3. The topological polar surface area (TPSA) is 77.5 Å². The Kier molecular flexibility index (Phi) is 9.42.